The number of rotatable bonds is 7. The molecular weight excluding hydrogens is 256 g/mol. The van der Waals surface area contributed by atoms with Gasteiger partial charge in [-0.15, -0.1) is 11.8 Å². The fourth-order valence-corrected chi connectivity index (χ4v) is 2.15. The number of hydrogen-bond acceptors (Lipinski definition) is 5. The number of thioether (sulfide) groups is 1. The van der Waals surface area contributed by atoms with Crippen LogP contribution in [0.4, 0.5) is 0 Å². The summed E-state index contributed by atoms with van der Waals surface area (Å²) in [5.74, 6) is 1.49. The van der Waals surface area contributed by atoms with E-state index in [0.29, 0.717) is 23.0 Å². The number of carbonyl (C=O) groups is 1. The van der Waals surface area contributed by atoms with Gasteiger partial charge in [-0.2, -0.15) is 0 Å². The van der Waals surface area contributed by atoms with Crippen molar-refractivity contribution in [3.05, 3.63) is 17.7 Å². The first kappa shape index (κ1) is 14.5. The van der Waals surface area contributed by atoms with Gasteiger partial charge in [0.2, 0.25) is 5.75 Å². The smallest absolute Gasteiger partial charge is 0.313 e. The fraction of sp³-hybridized carbons (Fsp3) is 0.417. The standard InChI is InChI=1S/C12H16O5S/c1-15-9-4-8(6-18-7-11(13)14)5-10(16-2)12(9)17-3/h4-5H,6-7H2,1-3H3,(H,13,14). The summed E-state index contributed by atoms with van der Waals surface area (Å²) in [7, 11) is 4.64. The minimum Gasteiger partial charge on any atom is -0.493 e. The summed E-state index contributed by atoms with van der Waals surface area (Å²) in [6.45, 7) is 0. The van der Waals surface area contributed by atoms with Crippen molar-refractivity contribution < 1.29 is 24.1 Å². The van der Waals surface area contributed by atoms with E-state index < -0.39 is 5.97 Å². The van der Waals surface area contributed by atoms with Gasteiger partial charge in [0.05, 0.1) is 27.1 Å². The van der Waals surface area contributed by atoms with Crippen LogP contribution in [0, 0.1) is 0 Å². The average molecular weight is 272 g/mol. The molecular formula is C12H16O5S. The molecule has 0 heterocycles. The normalized spacial score (nSPS) is 9.94. The Morgan fingerprint density at radius 1 is 1.17 bits per heavy atom. The highest BCUT2D eigenvalue weighted by Gasteiger charge is 2.13. The quantitative estimate of drug-likeness (QED) is 0.819. The first-order valence-electron chi connectivity index (χ1n) is 5.20. The van der Waals surface area contributed by atoms with Gasteiger partial charge in [0.25, 0.3) is 0 Å². The van der Waals surface area contributed by atoms with Crippen molar-refractivity contribution >= 4 is 17.7 Å². The van der Waals surface area contributed by atoms with Crippen molar-refractivity contribution in [3.8, 4) is 17.2 Å². The molecule has 5 nitrogen and oxygen atoms in total. The summed E-state index contributed by atoms with van der Waals surface area (Å²) in [6.07, 6.45) is 0. The zero-order chi connectivity index (χ0) is 13.5. The first-order chi connectivity index (χ1) is 8.62. The monoisotopic (exact) mass is 272 g/mol. The summed E-state index contributed by atoms with van der Waals surface area (Å²) < 4.78 is 15.6. The number of hydrogen-bond donors (Lipinski definition) is 1. The van der Waals surface area contributed by atoms with Gasteiger partial charge in [-0.3, -0.25) is 4.79 Å². The minimum atomic E-state index is -0.826. The molecule has 0 aliphatic rings. The van der Waals surface area contributed by atoms with E-state index in [2.05, 4.69) is 0 Å². The SMILES string of the molecule is COc1cc(CSCC(=O)O)cc(OC)c1OC. The van der Waals surface area contributed by atoms with Crippen molar-refractivity contribution in [1.82, 2.24) is 0 Å². The number of carboxylic acid groups (broad SMARTS) is 1. The Balaban J connectivity index is 2.89. The molecule has 0 saturated heterocycles. The molecule has 6 heteroatoms. The van der Waals surface area contributed by atoms with Crippen LogP contribution in [0.3, 0.4) is 0 Å². The van der Waals surface area contributed by atoms with E-state index in [9.17, 15) is 4.79 Å². The number of benzene rings is 1. The van der Waals surface area contributed by atoms with Gasteiger partial charge in [-0.1, -0.05) is 0 Å². The van der Waals surface area contributed by atoms with Crippen molar-refractivity contribution in [2.45, 2.75) is 5.75 Å². The highest BCUT2D eigenvalue weighted by molar-refractivity contribution is 7.99. The van der Waals surface area contributed by atoms with Crippen LogP contribution in [-0.4, -0.2) is 38.2 Å². The third-order valence-corrected chi connectivity index (χ3v) is 3.21. The van der Waals surface area contributed by atoms with E-state index in [1.165, 1.54) is 11.8 Å². The molecule has 0 saturated carbocycles. The molecule has 0 aromatic heterocycles. The van der Waals surface area contributed by atoms with Crippen LogP contribution in [0.5, 0.6) is 17.2 Å². The molecule has 0 radical (unpaired) electrons. The first-order valence-corrected chi connectivity index (χ1v) is 6.36. The van der Waals surface area contributed by atoms with E-state index in [1.807, 2.05) is 12.1 Å². The Kier molecular flexibility index (Phi) is 5.64. The predicted molar refractivity (Wildman–Crippen MR) is 69.9 cm³/mol. The van der Waals surface area contributed by atoms with Crippen molar-refractivity contribution in [1.29, 1.82) is 0 Å². The van der Waals surface area contributed by atoms with Gasteiger partial charge in [0.15, 0.2) is 11.5 Å². The minimum absolute atomic E-state index is 0.0661. The van der Waals surface area contributed by atoms with Gasteiger partial charge in [0, 0.05) is 5.75 Å². The highest BCUT2D eigenvalue weighted by Crippen LogP contribution is 2.38. The second kappa shape index (κ2) is 7.00. The largest absolute Gasteiger partial charge is 0.493 e. The molecule has 0 aliphatic heterocycles. The van der Waals surface area contributed by atoms with Crippen LogP contribution >= 0.6 is 11.8 Å². The maximum Gasteiger partial charge on any atom is 0.313 e. The van der Waals surface area contributed by atoms with Crippen LogP contribution < -0.4 is 14.2 Å². The van der Waals surface area contributed by atoms with Gasteiger partial charge < -0.3 is 19.3 Å². The molecule has 100 valence electrons. The third kappa shape index (κ3) is 3.73. The molecule has 0 aliphatic carbocycles. The van der Waals surface area contributed by atoms with E-state index in [4.69, 9.17) is 19.3 Å². The summed E-state index contributed by atoms with van der Waals surface area (Å²) in [5, 5.41) is 8.58. The molecule has 1 N–H and O–H groups in total. The van der Waals surface area contributed by atoms with Crippen molar-refractivity contribution in [3.63, 3.8) is 0 Å². The van der Waals surface area contributed by atoms with Gasteiger partial charge in [-0.05, 0) is 17.7 Å². The fourth-order valence-electron chi connectivity index (χ4n) is 1.47. The topological polar surface area (TPSA) is 65.0 Å². The average Bonchev–Trinajstić information content (AvgIpc) is 2.36. The molecule has 0 fully saturated rings. The molecule has 0 spiro atoms. The lowest BCUT2D eigenvalue weighted by molar-refractivity contribution is -0.133. The van der Waals surface area contributed by atoms with E-state index in [1.54, 1.807) is 21.3 Å². The Morgan fingerprint density at radius 3 is 2.11 bits per heavy atom. The zero-order valence-electron chi connectivity index (χ0n) is 10.6. The molecule has 0 bridgehead atoms. The maximum absolute atomic E-state index is 10.4. The van der Waals surface area contributed by atoms with Gasteiger partial charge in [0.1, 0.15) is 0 Å². The Hall–Kier alpha value is -1.56. The molecule has 1 aromatic rings. The molecule has 1 aromatic carbocycles. The predicted octanol–water partition coefficient (Wildman–Crippen LogP) is 2.03. The number of carboxylic acids is 1. The lowest BCUT2D eigenvalue weighted by Gasteiger charge is -2.13. The van der Waals surface area contributed by atoms with Crippen LogP contribution in [0.2, 0.25) is 0 Å². The molecule has 0 amide bonds. The Bertz CT molecular complexity index is 394. The van der Waals surface area contributed by atoms with Crippen LogP contribution in [-0.2, 0) is 10.5 Å². The lowest BCUT2D eigenvalue weighted by atomic mass is 10.2. The highest BCUT2D eigenvalue weighted by atomic mass is 32.2. The van der Waals surface area contributed by atoms with E-state index >= 15 is 0 Å². The van der Waals surface area contributed by atoms with Crippen molar-refractivity contribution in [2.75, 3.05) is 27.1 Å². The number of ether oxygens (including phenoxy) is 3. The van der Waals surface area contributed by atoms with E-state index in [0.717, 1.165) is 5.56 Å². The lowest BCUT2D eigenvalue weighted by Crippen LogP contribution is -1.99. The maximum atomic E-state index is 10.4. The van der Waals surface area contributed by atoms with Crippen LogP contribution in [0.1, 0.15) is 5.56 Å². The Morgan fingerprint density at radius 2 is 1.72 bits per heavy atom. The van der Waals surface area contributed by atoms with Crippen LogP contribution in [0.15, 0.2) is 12.1 Å². The molecule has 18 heavy (non-hydrogen) atoms. The third-order valence-electron chi connectivity index (χ3n) is 2.22. The van der Waals surface area contributed by atoms with Crippen molar-refractivity contribution in [2.24, 2.45) is 0 Å². The summed E-state index contributed by atoms with van der Waals surface area (Å²) in [5.41, 5.74) is 0.927. The summed E-state index contributed by atoms with van der Waals surface area (Å²) in [6, 6.07) is 3.63. The number of methoxy groups -OCH3 is 3. The van der Waals surface area contributed by atoms with Gasteiger partial charge >= 0.3 is 5.97 Å². The van der Waals surface area contributed by atoms with E-state index in [-0.39, 0.29) is 5.75 Å². The second-order valence-electron chi connectivity index (χ2n) is 3.42. The zero-order valence-corrected chi connectivity index (χ0v) is 11.4. The molecule has 1 rings (SSSR count). The molecule has 0 unspecified atom stereocenters. The second-order valence-corrected chi connectivity index (χ2v) is 4.41. The molecule has 0 atom stereocenters. The summed E-state index contributed by atoms with van der Waals surface area (Å²) in [4.78, 5) is 10.4. The number of aliphatic carboxylic acids is 1. The van der Waals surface area contributed by atoms with Gasteiger partial charge in [-0.25, -0.2) is 0 Å². The summed E-state index contributed by atoms with van der Waals surface area (Å²) >= 11 is 1.31. The van der Waals surface area contributed by atoms with Crippen LogP contribution in [0.25, 0.3) is 0 Å². The Labute approximate surface area is 110 Å².